The van der Waals surface area contributed by atoms with Crippen LogP contribution in [0.4, 0.5) is 39.5 Å². The lowest BCUT2D eigenvalue weighted by molar-refractivity contribution is -0.138. The maximum atomic E-state index is 14.7. The van der Waals surface area contributed by atoms with Gasteiger partial charge in [0.2, 0.25) is 0 Å². The van der Waals surface area contributed by atoms with E-state index < -0.39 is 35.2 Å². The van der Waals surface area contributed by atoms with Gasteiger partial charge < -0.3 is 4.57 Å². The number of alkyl halides is 9. The zero-order valence-corrected chi connectivity index (χ0v) is 28.0. The Hall–Kier alpha value is -6.50. The van der Waals surface area contributed by atoms with Gasteiger partial charge in [-0.05, 0) is 71.8 Å². The first-order chi connectivity index (χ1) is 26.2. The van der Waals surface area contributed by atoms with Gasteiger partial charge in [0.15, 0.2) is 17.5 Å². The van der Waals surface area contributed by atoms with Crippen LogP contribution in [-0.4, -0.2) is 19.5 Å². The van der Waals surface area contributed by atoms with Crippen LogP contribution in [0.15, 0.2) is 140 Å². The number of rotatable bonds is 5. The summed E-state index contributed by atoms with van der Waals surface area (Å²) >= 11 is 0. The lowest BCUT2D eigenvalue weighted by Crippen LogP contribution is -2.08. The lowest BCUT2D eigenvalue weighted by Gasteiger charge is -2.18. The van der Waals surface area contributed by atoms with Crippen LogP contribution in [-0.2, 0) is 18.5 Å². The van der Waals surface area contributed by atoms with Crippen LogP contribution in [0.2, 0.25) is 0 Å². The van der Waals surface area contributed by atoms with E-state index in [1.165, 1.54) is 41.0 Å². The van der Waals surface area contributed by atoms with Crippen LogP contribution >= 0.6 is 0 Å². The average molecular weight is 755 g/mol. The first-order valence-corrected chi connectivity index (χ1v) is 16.6. The molecule has 4 nitrogen and oxygen atoms in total. The third-order valence-corrected chi connectivity index (χ3v) is 9.14. The molecule has 0 saturated carbocycles. The molecule has 0 atom stereocenters. The van der Waals surface area contributed by atoms with Gasteiger partial charge in [-0.2, -0.15) is 39.5 Å². The number of hydrogen-bond acceptors (Lipinski definition) is 3. The number of hydrogen-bond donors (Lipinski definition) is 0. The van der Waals surface area contributed by atoms with Gasteiger partial charge in [-0.15, -0.1) is 0 Å². The minimum absolute atomic E-state index is 0.00321. The summed E-state index contributed by atoms with van der Waals surface area (Å²) in [5.74, 6) is 0.511. The fraction of sp³-hybridized carbons (Fsp3) is 0.0714. The number of aromatic nitrogens is 4. The second-order valence-corrected chi connectivity index (χ2v) is 12.6. The molecular weight excluding hydrogens is 731 g/mol. The third-order valence-electron chi connectivity index (χ3n) is 9.14. The third kappa shape index (κ3) is 6.66. The first kappa shape index (κ1) is 35.5. The van der Waals surface area contributed by atoms with Crippen molar-refractivity contribution in [2.45, 2.75) is 18.5 Å². The fourth-order valence-corrected chi connectivity index (χ4v) is 6.64. The molecule has 0 aliphatic carbocycles. The molecule has 274 valence electrons. The first-order valence-electron chi connectivity index (χ1n) is 16.6. The molecule has 0 saturated heterocycles. The summed E-state index contributed by atoms with van der Waals surface area (Å²) < 4.78 is 129. The summed E-state index contributed by atoms with van der Waals surface area (Å²) in [6.07, 6.45) is -14.4. The maximum Gasteiger partial charge on any atom is 0.417 e. The van der Waals surface area contributed by atoms with Crippen LogP contribution in [0, 0.1) is 0 Å². The molecule has 6 aromatic carbocycles. The molecule has 0 N–H and O–H groups in total. The Morgan fingerprint density at radius 1 is 0.382 bits per heavy atom. The highest BCUT2D eigenvalue weighted by atomic mass is 19.4. The molecular formula is C42H23F9N4. The van der Waals surface area contributed by atoms with Crippen molar-refractivity contribution >= 4 is 21.8 Å². The summed E-state index contributed by atoms with van der Waals surface area (Å²) in [6, 6.07) is 32.5. The van der Waals surface area contributed by atoms with E-state index in [0.29, 0.717) is 11.1 Å². The average Bonchev–Trinajstić information content (AvgIpc) is 3.50. The summed E-state index contributed by atoms with van der Waals surface area (Å²) in [5.41, 5.74) is -1.65. The van der Waals surface area contributed by atoms with E-state index in [9.17, 15) is 39.5 Å². The van der Waals surface area contributed by atoms with Crippen molar-refractivity contribution in [1.29, 1.82) is 0 Å². The molecule has 2 heterocycles. The molecule has 55 heavy (non-hydrogen) atoms. The van der Waals surface area contributed by atoms with Crippen LogP contribution in [0.3, 0.4) is 0 Å². The second kappa shape index (κ2) is 13.1. The molecule has 8 rings (SSSR count). The molecule has 0 radical (unpaired) electrons. The Bertz CT molecular complexity index is 2590. The summed E-state index contributed by atoms with van der Waals surface area (Å²) in [7, 11) is 0. The molecule has 0 aliphatic rings. The number of fused-ring (bicyclic) bond motifs is 3. The molecule has 2 aromatic heterocycles. The fourth-order valence-electron chi connectivity index (χ4n) is 6.64. The van der Waals surface area contributed by atoms with Crippen molar-refractivity contribution in [3.8, 4) is 51.0 Å². The van der Waals surface area contributed by atoms with Gasteiger partial charge in [0, 0.05) is 33.2 Å². The quantitative estimate of drug-likeness (QED) is 0.164. The zero-order valence-electron chi connectivity index (χ0n) is 28.0. The molecule has 0 fully saturated rings. The largest absolute Gasteiger partial charge is 0.417 e. The minimum atomic E-state index is -4.82. The monoisotopic (exact) mass is 754 g/mol. The predicted octanol–water partition coefficient (Wildman–Crippen LogP) is 12.7. The molecule has 0 spiro atoms. The predicted molar refractivity (Wildman–Crippen MR) is 191 cm³/mol. The summed E-state index contributed by atoms with van der Waals surface area (Å²) in [6.45, 7) is 0. The Morgan fingerprint density at radius 3 is 1.35 bits per heavy atom. The SMILES string of the molecule is FC(F)(F)c1ccc2c(c1)c1cc(C(F)(F)F)ccc1n2-c1ccc(-c2nc(-c3ccccc3)nc(-c3ccccc3)n2)c(-c2ccccc2C(F)(F)F)c1. The van der Waals surface area contributed by atoms with Crippen LogP contribution in [0.5, 0.6) is 0 Å². The number of benzene rings is 6. The van der Waals surface area contributed by atoms with E-state index in [-0.39, 0.29) is 61.7 Å². The van der Waals surface area contributed by atoms with Crippen molar-refractivity contribution in [2.24, 2.45) is 0 Å². The second-order valence-electron chi connectivity index (χ2n) is 12.6. The Morgan fingerprint density at radius 2 is 0.855 bits per heavy atom. The molecule has 0 unspecified atom stereocenters. The Labute approximate surface area is 306 Å². The smallest absolute Gasteiger partial charge is 0.309 e. The van der Waals surface area contributed by atoms with Gasteiger partial charge >= 0.3 is 18.5 Å². The maximum absolute atomic E-state index is 14.7. The van der Waals surface area contributed by atoms with Crippen LogP contribution in [0.1, 0.15) is 16.7 Å². The zero-order chi connectivity index (χ0) is 38.7. The van der Waals surface area contributed by atoms with Crippen molar-refractivity contribution < 1.29 is 39.5 Å². The van der Waals surface area contributed by atoms with Crippen molar-refractivity contribution in [1.82, 2.24) is 19.5 Å². The van der Waals surface area contributed by atoms with Gasteiger partial charge in [-0.3, -0.25) is 0 Å². The highest BCUT2D eigenvalue weighted by molar-refractivity contribution is 6.10. The minimum Gasteiger partial charge on any atom is -0.309 e. The van der Waals surface area contributed by atoms with Crippen molar-refractivity contribution in [2.75, 3.05) is 0 Å². The molecule has 0 bridgehead atoms. The highest BCUT2D eigenvalue weighted by Crippen LogP contribution is 2.44. The van der Waals surface area contributed by atoms with Gasteiger partial charge in [-0.1, -0.05) is 78.9 Å². The van der Waals surface area contributed by atoms with E-state index in [0.717, 1.165) is 42.5 Å². The number of nitrogens with zero attached hydrogens (tertiary/aromatic N) is 4. The van der Waals surface area contributed by atoms with Crippen molar-refractivity contribution in [3.63, 3.8) is 0 Å². The molecule has 8 aromatic rings. The highest BCUT2D eigenvalue weighted by Gasteiger charge is 2.35. The Balaban J connectivity index is 1.44. The molecule has 0 aliphatic heterocycles. The summed E-state index contributed by atoms with van der Waals surface area (Å²) in [5, 5.41) is -0.260. The van der Waals surface area contributed by atoms with Crippen LogP contribution < -0.4 is 0 Å². The normalized spacial score (nSPS) is 12.5. The topological polar surface area (TPSA) is 43.6 Å². The molecule has 0 amide bonds. The Kier molecular flexibility index (Phi) is 8.47. The van der Waals surface area contributed by atoms with E-state index in [1.54, 1.807) is 60.7 Å². The molecule has 13 heteroatoms. The number of halogens is 9. The van der Waals surface area contributed by atoms with E-state index in [1.807, 2.05) is 0 Å². The van der Waals surface area contributed by atoms with E-state index in [4.69, 9.17) is 9.97 Å². The van der Waals surface area contributed by atoms with Gasteiger partial charge in [0.05, 0.1) is 27.7 Å². The van der Waals surface area contributed by atoms with Crippen molar-refractivity contribution in [3.05, 3.63) is 156 Å². The van der Waals surface area contributed by atoms with Gasteiger partial charge in [-0.25, -0.2) is 15.0 Å². The van der Waals surface area contributed by atoms with E-state index >= 15 is 0 Å². The van der Waals surface area contributed by atoms with Crippen LogP contribution in [0.25, 0.3) is 72.8 Å². The summed E-state index contributed by atoms with van der Waals surface area (Å²) in [4.78, 5) is 14.1. The van der Waals surface area contributed by atoms with Gasteiger partial charge in [0.1, 0.15) is 0 Å². The standard InChI is InChI=1S/C42H23F9N4/c43-40(44,45)26-15-19-35-32(21-26)33-22-27(41(46,47)48)16-20-36(33)55(35)28-17-18-30(31(23-28)29-13-7-8-14-34(29)42(49,50)51)39-53-37(24-9-3-1-4-10-24)52-38(54-39)25-11-5-2-6-12-25/h1-23H. The van der Waals surface area contributed by atoms with E-state index in [2.05, 4.69) is 4.98 Å². The lowest BCUT2D eigenvalue weighted by atomic mass is 9.93. The van der Waals surface area contributed by atoms with Gasteiger partial charge in [0.25, 0.3) is 0 Å².